The highest BCUT2D eigenvalue weighted by Crippen LogP contribution is 2.31. The minimum absolute atomic E-state index is 0.0759. The first-order chi connectivity index (χ1) is 16.4. The van der Waals surface area contributed by atoms with Crippen LogP contribution in [0.5, 0.6) is 5.75 Å². The summed E-state index contributed by atoms with van der Waals surface area (Å²) in [6.45, 7) is 4.11. The van der Waals surface area contributed by atoms with Gasteiger partial charge in [0.05, 0.1) is 26.0 Å². The standard InChI is InChI=1S/C25H27N3O5S/c1-18-3-5-19(6-4-18)25(29)26-21-9-12-23(28-13-15-33-16-14-28)24(17-21)34(30,31)27-20-7-10-22(32-2)11-8-20/h3-12,17,27H,13-16H2,1-2H3,(H,26,29). The number of sulfonamides is 1. The van der Waals surface area contributed by atoms with Gasteiger partial charge in [0.2, 0.25) is 0 Å². The topological polar surface area (TPSA) is 97.0 Å². The van der Waals surface area contributed by atoms with E-state index in [-0.39, 0.29) is 10.8 Å². The molecular formula is C25H27N3O5S. The summed E-state index contributed by atoms with van der Waals surface area (Å²) in [4.78, 5) is 14.8. The summed E-state index contributed by atoms with van der Waals surface area (Å²) in [7, 11) is -2.42. The van der Waals surface area contributed by atoms with Crippen LogP contribution in [-0.4, -0.2) is 47.7 Å². The number of anilines is 3. The average molecular weight is 482 g/mol. The highest BCUT2D eigenvalue weighted by molar-refractivity contribution is 7.92. The Kier molecular flexibility index (Phi) is 7.04. The molecule has 8 nitrogen and oxygen atoms in total. The molecule has 0 bridgehead atoms. The monoisotopic (exact) mass is 481 g/mol. The van der Waals surface area contributed by atoms with Gasteiger partial charge in [0, 0.05) is 30.0 Å². The van der Waals surface area contributed by atoms with Crippen molar-refractivity contribution in [2.45, 2.75) is 11.8 Å². The van der Waals surface area contributed by atoms with Crippen LogP contribution in [-0.2, 0) is 14.8 Å². The number of aryl methyl sites for hydroxylation is 1. The van der Waals surface area contributed by atoms with Gasteiger partial charge in [0.25, 0.3) is 15.9 Å². The lowest BCUT2D eigenvalue weighted by atomic mass is 10.1. The van der Waals surface area contributed by atoms with Gasteiger partial charge in [-0.1, -0.05) is 17.7 Å². The van der Waals surface area contributed by atoms with Gasteiger partial charge in [-0.05, 0) is 61.5 Å². The fourth-order valence-electron chi connectivity index (χ4n) is 3.65. The maximum atomic E-state index is 13.5. The molecule has 0 spiro atoms. The largest absolute Gasteiger partial charge is 0.497 e. The summed E-state index contributed by atoms with van der Waals surface area (Å²) in [6, 6.07) is 18.7. The zero-order valence-corrected chi connectivity index (χ0v) is 19.9. The number of benzene rings is 3. The zero-order valence-electron chi connectivity index (χ0n) is 19.1. The first kappa shape index (κ1) is 23.6. The number of hydrogen-bond acceptors (Lipinski definition) is 6. The molecule has 3 aromatic carbocycles. The molecule has 1 amide bonds. The van der Waals surface area contributed by atoms with Crippen molar-refractivity contribution in [3.63, 3.8) is 0 Å². The van der Waals surface area contributed by atoms with Crippen molar-refractivity contribution >= 4 is 33.0 Å². The van der Waals surface area contributed by atoms with Gasteiger partial charge in [0.15, 0.2) is 0 Å². The van der Waals surface area contributed by atoms with Gasteiger partial charge in [-0.15, -0.1) is 0 Å². The van der Waals surface area contributed by atoms with E-state index in [1.54, 1.807) is 55.6 Å². The van der Waals surface area contributed by atoms with E-state index in [9.17, 15) is 13.2 Å². The summed E-state index contributed by atoms with van der Waals surface area (Å²) in [5.41, 5.74) is 2.88. The highest BCUT2D eigenvalue weighted by atomic mass is 32.2. The maximum Gasteiger partial charge on any atom is 0.264 e. The van der Waals surface area contributed by atoms with Crippen molar-refractivity contribution in [3.05, 3.63) is 77.9 Å². The number of carbonyl (C=O) groups is 1. The maximum absolute atomic E-state index is 13.5. The molecular weight excluding hydrogens is 454 g/mol. The summed E-state index contributed by atoms with van der Waals surface area (Å²) < 4.78 is 40.1. The van der Waals surface area contributed by atoms with Gasteiger partial charge in [-0.3, -0.25) is 9.52 Å². The molecule has 0 aromatic heterocycles. The lowest BCUT2D eigenvalue weighted by Gasteiger charge is -2.30. The molecule has 0 atom stereocenters. The Hall–Kier alpha value is -3.56. The molecule has 1 aliphatic rings. The molecule has 0 aliphatic carbocycles. The molecule has 0 radical (unpaired) electrons. The number of amides is 1. The molecule has 1 fully saturated rings. The number of hydrogen-bond donors (Lipinski definition) is 2. The number of morpholine rings is 1. The van der Waals surface area contributed by atoms with Crippen molar-refractivity contribution in [1.82, 2.24) is 0 Å². The summed E-state index contributed by atoms with van der Waals surface area (Å²) in [5.74, 6) is 0.309. The molecule has 0 unspecified atom stereocenters. The Morgan fingerprint density at radius 3 is 2.24 bits per heavy atom. The van der Waals surface area contributed by atoms with E-state index < -0.39 is 10.0 Å². The Morgan fingerprint density at radius 2 is 1.59 bits per heavy atom. The number of ether oxygens (including phenoxy) is 2. The first-order valence-corrected chi connectivity index (χ1v) is 12.4. The van der Waals surface area contributed by atoms with Crippen molar-refractivity contribution in [2.24, 2.45) is 0 Å². The molecule has 3 aromatic rings. The van der Waals surface area contributed by atoms with Crippen LogP contribution in [0.3, 0.4) is 0 Å². The van der Waals surface area contributed by atoms with Crippen molar-refractivity contribution < 1.29 is 22.7 Å². The van der Waals surface area contributed by atoms with E-state index in [4.69, 9.17) is 9.47 Å². The second-order valence-corrected chi connectivity index (χ2v) is 9.59. The highest BCUT2D eigenvalue weighted by Gasteiger charge is 2.24. The smallest absolute Gasteiger partial charge is 0.264 e. The van der Waals surface area contributed by atoms with Crippen LogP contribution in [0.15, 0.2) is 71.6 Å². The minimum atomic E-state index is -3.97. The van der Waals surface area contributed by atoms with Gasteiger partial charge < -0.3 is 19.7 Å². The number of nitrogens with zero attached hydrogens (tertiary/aromatic N) is 1. The van der Waals surface area contributed by atoms with Gasteiger partial charge in [-0.2, -0.15) is 0 Å². The molecule has 0 saturated carbocycles. The second-order valence-electron chi connectivity index (χ2n) is 7.94. The first-order valence-electron chi connectivity index (χ1n) is 10.9. The minimum Gasteiger partial charge on any atom is -0.497 e. The fraction of sp³-hybridized carbons (Fsp3) is 0.240. The lowest BCUT2D eigenvalue weighted by Crippen LogP contribution is -2.37. The quantitative estimate of drug-likeness (QED) is 0.531. The Balaban J connectivity index is 1.66. The third kappa shape index (κ3) is 5.49. The Morgan fingerprint density at radius 1 is 0.941 bits per heavy atom. The fourth-order valence-corrected chi connectivity index (χ4v) is 4.96. The van der Waals surface area contributed by atoms with E-state index >= 15 is 0 Å². The summed E-state index contributed by atoms with van der Waals surface area (Å²) >= 11 is 0. The SMILES string of the molecule is COc1ccc(NS(=O)(=O)c2cc(NC(=O)c3ccc(C)cc3)ccc2N2CCOCC2)cc1. The molecule has 1 heterocycles. The van der Waals surface area contributed by atoms with Crippen molar-refractivity contribution in [1.29, 1.82) is 0 Å². The lowest BCUT2D eigenvalue weighted by molar-refractivity contribution is 0.102. The number of carbonyl (C=O) groups excluding carboxylic acids is 1. The Bertz CT molecular complexity index is 1250. The molecule has 1 saturated heterocycles. The second kappa shape index (κ2) is 10.1. The molecule has 178 valence electrons. The zero-order chi connectivity index (χ0) is 24.1. The van der Waals surface area contributed by atoms with Crippen LogP contribution in [0.4, 0.5) is 17.1 Å². The summed E-state index contributed by atoms with van der Waals surface area (Å²) in [5, 5.41) is 2.81. The van der Waals surface area contributed by atoms with Crippen molar-refractivity contribution in [3.8, 4) is 5.75 Å². The van der Waals surface area contributed by atoms with Crippen LogP contribution in [0.25, 0.3) is 0 Å². The predicted octanol–water partition coefficient (Wildman–Crippen LogP) is 3.89. The van der Waals surface area contributed by atoms with Crippen LogP contribution in [0.2, 0.25) is 0 Å². The number of methoxy groups -OCH3 is 1. The summed E-state index contributed by atoms with van der Waals surface area (Å²) in [6.07, 6.45) is 0. The van der Waals surface area contributed by atoms with Gasteiger partial charge in [0.1, 0.15) is 10.6 Å². The van der Waals surface area contributed by atoms with Gasteiger partial charge in [-0.25, -0.2) is 8.42 Å². The molecule has 9 heteroatoms. The predicted molar refractivity (Wildman–Crippen MR) is 132 cm³/mol. The van der Waals surface area contributed by atoms with E-state index in [1.165, 1.54) is 6.07 Å². The van der Waals surface area contributed by atoms with E-state index in [0.29, 0.717) is 54.7 Å². The molecule has 2 N–H and O–H groups in total. The van der Waals surface area contributed by atoms with Crippen LogP contribution < -0.4 is 19.7 Å². The molecule has 1 aliphatic heterocycles. The van der Waals surface area contributed by atoms with Gasteiger partial charge >= 0.3 is 0 Å². The number of rotatable bonds is 7. The van der Waals surface area contributed by atoms with E-state index in [1.807, 2.05) is 24.0 Å². The van der Waals surface area contributed by atoms with E-state index in [0.717, 1.165) is 5.56 Å². The van der Waals surface area contributed by atoms with Crippen LogP contribution in [0.1, 0.15) is 15.9 Å². The number of nitrogens with one attached hydrogen (secondary N) is 2. The normalized spacial score (nSPS) is 13.9. The third-order valence-electron chi connectivity index (χ3n) is 5.51. The van der Waals surface area contributed by atoms with E-state index in [2.05, 4.69) is 10.0 Å². The Labute approximate surface area is 199 Å². The molecule has 34 heavy (non-hydrogen) atoms. The van der Waals surface area contributed by atoms with Crippen LogP contribution in [0, 0.1) is 6.92 Å². The van der Waals surface area contributed by atoms with Crippen molar-refractivity contribution in [2.75, 3.05) is 48.4 Å². The molecule has 4 rings (SSSR count). The average Bonchev–Trinajstić information content (AvgIpc) is 2.85. The van der Waals surface area contributed by atoms with Crippen LogP contribution >= 0.6 is 0 Å². The third-order valence-corrected chi connectivity index (χ3v) is 6.93.